The highest BCUT2D eigenvalue weighted by molar-refractivity contribution is 7.87. The fraction of sp³-hybridized carbons (Fsp3) is 0.889. The molecule has 0 saturated carbocycles. The molecule has 17 heavy (non-hydrogen) atoms. The van der Waals surface area contributed by atoms with Gasteiger partial charge in [0.2, 0.25) is 0 Å². The second-order valence-electron chi connectivity index (χ2n) is 4.18. The van der Waals surface area contributed by atoms with Crippen LogP contribution < -0.4 is 15.2 Å². The van der Waals surface area contributed by atoms with E-state index in [0.717, 1.165) is 19.4 Å². The van der Waals surface area contributed by atoms with Crippen LogP contribution in [0.3, 0.4) is 0 Å². The number of hydrogen-bond donors (Lipinski definition) is 3. The molecule has 4 N–H and O–H groups in total. The minimum atomic E-state index is -3.64. The minimum Gasteiger partial charge on any atom is -0.338 e. The molecule has 0 radical (unpaired) electrons. The van der Waals surface area contributed by atoms with Gasteiger partial charge in [0.05, 0.1) is 0 Å². The lowest BCUT2D eigenvalue weighted by atomic mass is 9.99. The molecule has 1 saturated heterocycles. The maximum Gasteiger partial charge on any atom is 0.317 e. The van der Waals surface area contributed by atoms with E-state index in [9.17, 15) is 13.2 Å². The number of nitrogens with zero attached hydrogens (tertiary/aromatic N) is 1. The van der Waals surface area contributed by atoms with Crippen molar-refractivity contribution in [1.29, 1.82) is 0 Å². The summed E-state index contributed by atoms with van der Waals surface area (Å²) in [6.07, 6.45) is 1.78. The van der Waals surface area contributed by atoms with Gasteiger partial charge >= 0.3 is 6.03 Å². The Morgan fingerprint density at radius 2 is 2.24 bits per heavy atom. The normalized spacial score (nSPS) is 21.3. The Bertz CT molecular complexity index is 357. The molecule has 2 amide bonds. The fourth-order valence-electron chi connectivity index (χ4n) is 1.91. The molecule has 100 valence electrons. The molecule has 0 aliphatic carbocycles. The van der Waals surface area contributed by atoms with Crippen molar-refractivity contribution in [2.75, 3.05) is 26.2 Å². The van der Waals surface area contributed by atoms with Crippen molar-refractivity contribution in [3.8, 4) is 0 Å². The Morgan fingerprint density at radius 3 is 2.82 bits per heavy atom. The first-order chi connectivity index (χ1) is 7.92. The van der Waals surface area contributed by atoms with Gasteiger partial charge in [-0.2, -0.15) is 8.42 Å². The fourth-order valence-corrected chi connectivity index (χ4v) is 2.38. The van der Waals surface area contributed by atoms with Crippen LogP contribution in [0.1, 0.15) is 19.8 Å². The Labute approximate surface area is 102 Å². The lowest BCUT2D eigenvalue weighted by Crippen LogP contribution is -2.48. The standard InChI is InChI=1S/C9H20N4O3S/c1-2-11-9(14)13-5-3-4-8(7-13)6-12-17(10,15)16/h8,12H,2-7H2,1H3,(H,11,14)(H2,10,15,16). The summed E-state index contributed by atoms with van der Waals surface area (Å²) in [6.45, 7) is 4.03. The van der Waals surface area contributed by atoms with E-state index < -0.39 is 10.2 Å². The molecule has 1 heterocycles. The molecular formula is C9H20N4O3S. The summed E-state index contributed by atoms with van der Waals surface area (Å²) < 4.78 is 23.8. The van der Waals surface area contributed by atoms with Gasteiger partial charge in [-0.1, -0.05) is 0 Å². The molecule has 1 atom stereocenters. The van der Waals surface area contributed by atoms with Crippen molar-refractivity contribution in [2.24, 2.45) is 11.1 Å². The van der Waals surface area contributed by atoms with Gasteiger partial charge in [-0.05, 0) is 25.7 Å². The minimum absolute atomic E-state index is 0.0900. The molecular weight excluding hydrogens is 244 g/mol. The number of piperidine rings is 1. The van der Waals surface area contributed by atoms with Gasteiger partial charge in [0, 0.05) is 26.2 Å². The van der Waals surface area contributed by atoms with E-state index in [-0.39, 0.29) is 18.5 Å². The highest BCUT2D eigenvalue weighted by atomic mass is 32.2. The first-order valence-corrected chi connectivity index (χ1v) is 7.27. The molecule has 1 fully saturated rings. The second kappa shape index (κ2) is 6.18. The van der Waals surface area contributed by atoms with Crippen LogP contribution in [0.5, 0.6) is 0 Å². The Balaban J connectivity index is 2.41. The van der Waals surface area contributed by atoms with Crippen LogP contribution in [0.15, 0.2) is 0 Å². The third-order valence-electron chi connectivity index (χ3n) is 2.71. The molecule has 0 aromatic carbocycles. The van der Waals surface area contributed by atoms with E-state index in [2.05, 4.69) is 10.0 Å². The molecule has 7 nitrogen and oxygen atoms in total. The van der Waals surface area contributed by atoms with E-state index >= 15 is 0 Å². The molecule has 0 bridgehead atoms. The topological polar surface area (TPSA) is 105 Å². The molecule has 0 aromatic rings. The number of hydrogen-bond acceptors (Lipinski definition) is 3. The van der Waals surface area contributed by atoms with Crippen LogP contribution >= 0.6 is 0 Å². The summed E-state index contributed by atoms with van der Waals surface area (Å²) in [6, 6.07) is -0.0900. The molecule has 1 rings (SSSR count). The van der Waals surface area contributed by atoms with Crippen molar-refractivity contribution in [3.63, 3.8) is 0 Å². The Morgan fingerprint density at radius 1 is 1.53 bits per heavy atom. The number of nitrogens with two attached hydrogens (primary N) is 1. The first kappa shape index (κ1) is 14.2. The summed E-state index contributed by atoms with van der Waals surface area (Å²) in [5.74, 6) is 0.129. The summed E-state index contributed by atoms with van der Waals surface area (Å²) in [5.41, 5.74) is 0. The maximum atomic E-state index is 11.6. The lowest BCUT2D eigenvalue weighted by molar-refractivity contribution is 0.167. The Hall–Kier alpha value is -0.860. The van der Waals surface area contributed by atoms with Crippen molar-refractivity contribution >= 4 is 16.2 Å². The van der Waals surface area contributed by atoms with Gasteiger partial charge in [0.15, 0.2) is 0 Å². The lowest BCUT2D eigenvalue weighted by Gasteiger charge is -2.32. The van der Waals surface area contributed by atoms with E-state index in [0.29, 0.717) is 13.1 Å². The van der Waals surface area contributed by atoms with Crippen LogP contribution in [0, 0.1) is 5.92 Å². The van der Waals surface area contributed by atoms with Gasteiger partial charge in [-0.15, -0.1) is 0 Å². The number of nitrogens with one attached hydrogen (secondary N) is 2. The largest absolute Gasteiger partial charge is 0.338 e. The van der Waals surface area contributed by atoms with Crippen molar-refractivity contribution < 1.29 is 13.2 Å². The number of carbonyl (C=O) groups excluding carboxylic acids is 1. The molecule has 1 unspecified atom stereocenters. The van der Waals surface area contributed by atoms with Crippen LogP contribution in [0.4, 0.5) is 4.79 Å². The number of amides is 2. The monoisotopic (exact) mass is 264 g/mol. The maximum absolute atomic E-state index is 11.6. The summed E-state index contributed by atoms with van der Waals surface area (Å²) in [7, 11) is -3.64. The number of carbonyl (C=O) groups is 1. The zero-order chi connectivity index (χ0) is 12.9. The second-order valence-corrected chi connectivity index (χ2v) is 5.56. The molecule has 1 aliphatic rings. The highest BCUT2D eigenvalue weighted by Gasteiger charge is 2.23. The van der Waals surface area contributed by atoms with Gasteiger partial charge in [0.1, 0.15) is 0 Å². The zero-order valence-corrected chi connectivity index (χ0v) is 10.8. The summed E-state index contributed by atoms with van der Waals surface area (Å²) in [4.78, 5) is 13.3. The predicted molar refractivity (Wildman–Crippen MR) is 64.5 cm³/mol. The van der Waals surface area contributed by atoms with Crippen molar-refractivity contribution in [1.82, 2.24) is 14.9 Å². The Kier molecular flexibility index (Phi) is 5.16. The average molecular weight is 264 g/mol. The van der Waals surface area contributed by atoms with Gasteiger partial charge in [-0.25, -0.2) is 14.7 Å². The van der Waals surface area contributed by atoms with Gasteiger partial charge in [0.25, 0.3) is 10.2 Å². The van der Waals surface area contributed by atoms with E-state index in [1.54, 1.807) is 4.90 Å². The molecule has 1 aliphatic heterocycles. The summed E-state index contributed by atoms with van der Waals surface area (Å²) in [5, 5.41) is 7.59. The van der Waals surface area contributed by atoms with Crippen molar-refractivity contribution in [2.45, 2.75) is 19.8 Å². The smallest absolute Gasteiger partial charge is 0.317 e. The van der Waals surface area contributed by atoms with E-state index in [4.69, 9.17) is 5.14 Å². The zero-order valence-electron chi connectivity index (χ0n) is 9.98. The van der Waals surface area contributed by atoms with Crippen LogP contribution in [0.25, 0.3) is 0 Å². The number of rotatable bonds is 4. The van der Waals surface area contributed by atoms with E-state index in [1.807, 2.05) is 6.92 Å². The predicted octanol–water partition coefficient (Wildman–Crippen LogP) is -0.779. The van der Waals surface area contributed by atoms with Gasteiger partial charge < -0.3 is 10.2 Å². The third kappa shape index (κ3) is 5.33. The molecule has 8 heteroatoms. The quantitative estimate of drug-likeness (QED) is 0.620. The van der Waals surface area contributed by atoms with Crippen LogP contribution in [0.2, 0.25) is 0 Å². The van der Waals surface area contributed by atoms with Crippen LogP contribution in [-0.4, -0.2) is 45.5 Å². The average Bonchev–Trinajstić information content (AvgIpc) is 2.26. The van der Waals surface area contributed by atoms with E-state index in [1.165, 1.54) is 0 Å². The number of urea groups is 1. The molecule has 0 aromatic heterocycles. The number of likely N-dealkylation sites (tertiary alicyclic amines) is 1. The highest BCUT2D eigenvalue weighted by Crippen LogP contribution is 2.15. The summed E-state index contributed by atoms with van der Waals surface area (Å²) >= 11 is 0. The van der Waals surface area contributed by atoms with Gasteiger partial charge in [-0.3, -0.25) is 0 Å². The van der Waals surface area contributed by atoms with Crippen molar-refractivity contribution in [3.05, 3.63) is 0 Å². The molecule has 0 spiro atoms. The first-order valence-electron chi connectivity index (χ1n) is 5.72. The SMILES string of the molecule is CCNC(=O)N1CCCC(CNS(N)(=O)=O)C1. The van der Waals surface area contributed by atoms with Crippen LogP contribution in [-0.2, 0) is 10.2 Å². The third-order valence-corrected chi connectivity index (χ3v) is 3.28.